The van der Waals surface area contributed by atoms with Gasteiger partial charge in [-0.3, -0.25) is 0 Å². The van der Waals surface area contributed by atoms with E-state index in [1.165, 1.54) is 51.9 Å². The predicted molar refractivity (Wildman–Crippen MR) is 71.9 cm³/mol. The van der Waals surface area contributed by atoms with Crippen LogP contribution in [0.1, 0.15) is 32.1 Å². The zero-order chi connectivity index (χ0) is 12.5. The number of aliphatic hydroxyl groups is 1. The van der Waals surface area contributed by atoms with E-state index in [4.69, 9.17) is 5.11 Å². The van der Waals surface area contributed by atoms with Crippen LogP contribution in [0.15, 0.2) is 0 Å². The molecule has 2 heterocycles. The third kappa shape index (κ3) is 4.67. The smallest absolute Gasteiger partial charge is 0.0443 e. The summed E-state index contributed by atoms with van der Waals surface area (Å²) in [5, 5.41) is 8.79. The molecule has 98 valence electrons. The van der Waals surface area contributed by atoms with Crippen LogP contribution in [0.4, 0.5) is 0 Å². The monoisotopic (exact) mass is 238 g/mol. The van der Waals surface area contributed by atoms with Crippen LogP contribution >= 0.6 is 0 Å². The second-order valence-corrected chi connectivity index (χ2v) is 4.89. The second kappa shape index (κ2) is 8.52. The molecule has 0 aromatic rings. The summed E-state index contributed by atoms with van der Waals surface area (Å²) in [4.78, 5) is 5.19. The van der Waals surface area contributed by atoms with E-state index >= 15 is 0 Å². The van der Waals surface area contributed by atoms with E-state index in [0.717, 1.165) is 19.0 Å². The number of terminal acetylenes is 1. The van der Waals surface area contributed by atoms with E-state index in [1.807, 2.05) is 0 Å². The Balaban J connectivity index is 0.000000686. The minimum atomic E-state index is 0.339. The summed E-state index contributed by atoms with van der Waals surface area (Å²) in [5.41, 5.74) is 0. The molecule has 2 aliphatic heterocycles. The Hall–Kier alpha value is -0.560. The first-order chi connectivity index (χ1) is 8.40. The van der Waals surface area contributed by atoms with Crippen molar-refractivity contribution in [2.45, 2.75) is 38.1 Å². The molecule has 0 radical (unpaired) electrons. The quantitative estimate of drug-likeness (QED) is 0.745. The molecule has 1 N–H and O–H groups in total. The van der Waals surface area contributed by atoms with E-state index in [1.54, 1.807) is 0 Å². The van der Waals surface area contributed by atoms with Crippen molar-refractivity contribution in [3.05, 3.63) is 0 Å². The topological polar surface area (TPSA) is 26.7 Å². The van der Waals surface area contributed by atoms with Gasteiger partial charge in [-0.15, -0.1) is 12.8 Å². The minimum Gasteiger partial charge on any atom is -0.396 e. The first-order valence-corrected chi connectivity index (χ1v) is 6.81. The van der Waals surface area contributed by atoms with Gasteiger partial charge < -0.3 is 14.9 Å². The number of aliphatic hydroxyl groups excluding tert-OH is 1. The highest BCUT2D eigenvalue weighted by Gasteiger charge is 2.25. The van der Waals surface area contributed by atoms with Crippen LogP contribution in [0.25, 0.3) is 0 Å². The molecule has 0 aliphatic carbocycles. The summed E-state index contributed by atoms with van der Waals surface area (Å²) in [6, 6.07) is 0.859. The molecule has 2 aliphatic rings. The lowest BCUT2D eigenvalue weighted by atomic mass is 10.0. The summed E-state index contributed by atoms with van der Waals surface area (Å²) in [6.45, 7) is 6.57. The predicted octanol–water partition coefficient (Wildman–Crippen LogP) is 1.18. The molecule has 17 heavy (non-hydrogen) atoms. The third-order valence-electron chi connectivity index (χ3n) is 3.85. The van der Waals surface area contributed by atoms with Crippen molar-refractivity contribution < 1.29 is 5.11 Å². The maximum absolute atomic E-state index is 8.79. The lowest BCUT2D eigenvalue weighted by Crippen LogP contribution is -2.44. The number of nitrogens with zero attached hydrogens (tertiary/aromatic N) is 2. The molecule has 0 atom stereocenters. The van der Waals surface area contributed by atoms with Gasteiger partial charge in [0, 0.05) is 19.2 Å². The lowest BCUT2D eigenvalue weighted by Gasteiger charge is -2.36. The van der Waals surface area contributed by atoms with Gasteiger partial charge in [0.25, 0.3) is 0 Å². The van der Waals surface area contributed by atoms with Gasteiger partial charge in [-0.25, -0.2) is 0 Å². The van der Waals surface area contributed by atoms with Crippen molar-refractivity contribution in [1.29, 1.82) is 0 Å². The molecule has 0 saturated carbocycles. The van der Waals surface area contributed by atoms with Crippen LogP contribution < -0.4 is 0 Å². The maximum Gasteiger partial charge on any atom is 0.0443 e. The Bertz CT molecular complexity index is 204. The van der Waals surface area contributed by atoms with Gasteiger partial charge in [0.1, 0.15) is 0 Å². The fourth-order valence-electron chi connectivity index (χ4n) is 2.91. The molecular weight excluding hydrogens is 212 g/mol. The molecular formula is C14H26N2O. The van der Waals surface area contributed by atoms with Gasteiger partial charge in [0.2, 0.25) is 0 Å². The van der Waals surface area contributed by atoms with Crippen LogP contribution in [-0.4, -0.2) is 60.3 Å². The summed E-state index contributed by atoms with van der Waals surface area (Å²) in [5.74, 6) is 0. The average molecular weight is 238 g/mol. The highest BCUT2D eigenvalue weighted by Crippen LogP contribution is 2.20. The van der Waals surface area contributed by atoms with Gasteiger partial charge in [-0.2, -0.15) is 0 Å². The van der Waals surface area contributed by atoms with Crippen LogP contribution in [0.5, 0.6) is 0 Å². The van der Waals surface area contributed by atoms with Crippen LogP contribution in [0.3, 0.4) is 0 Å². The standard InChI is InChI=1S/C12H24N2O.C2H2/c15-11-3-6-13-9-4-12(5-10-13)14-7-1-2-8-14;1-2/h12,15H,1-11H2;1-2H. The first kappa shape index (κ1) is 14.5. The van der Waals surface area contributed by atoms with Crippen molar-refractivity contribution in [3.63, 3.8) is 0 Å². The Morgan fingerprint density at radius 2 is 1.59 bits per heavy atom. The fraction of sp³-hybridized carbons (Fsp3) is 0.857. The summed E-state index contributed by atoms with van der Waals surface area (Å²) < 4.78 is 0. The van der Waals surface area contributed by atoms with Crippen molar-refractivity contribution in [3.8, 4) is 12.8 Å². The summed E-state index contributed by atoms with van der Waals surface area (Å²) >= 11 is 0. The van der Waals surface area contributed by atoms with Gasteiger partial charge in [-0.05, 0) is 58.3 Å². The highest BCUT2D eigenvalue weighted by atomic mass is 16.3. The average Bonchev–Trinajstić information content (AvgIpc) is 2.93. The Morgan fingerprint density at radius 3 is 2.12 bits per heavy atom. The summed E-state index contributed by atoms with van der Waals surface area (Å²) in [7, 11) is 0. The third-order valence-corrected chi connectivity index (χ3v) is 3.85. The van der Waals surface area contributed by atoms with E-state index in [2.05, 4.69) is 22.6 Å². The zero-order valence-corrected chi connectivity index (χ0v) is 10.9. The van der Waals surface area contributed by atoms with Gasteiger partial charge >= 0.3 is 0 Å². The molecule has 2 rings (SSSR count). The molecule has 0 aromatic heterocycles. The highest BCUT2D eigenvalue weighted by molar-refractivity contribution is 4.82. The first-order valence-electron chi connectivity index (χ1n) is 6.81. The molecule has 2 fully saturated rings. The largest absolute Gasteiger partial charge is 0.396 e. The van der Waals surface area contributed by atoms with Crippen LogP contribution in [0, 0.1) is 12.8 Å². The summed E-state index contributed by atoms with van der Waals surface area (Å²) in [6.07, 6.45) is 14.4. The zero-order valence-electron chi connectivity index (χ0n) is 10.9. The SMILES string of the molecule is C#C.OCCCN1CCC(N2CCCC2)CC1. The number of hydrogen-bond acceptors (Lipinski definition) is 3. The van der Waals surface area contributed by atoms with E-state index < -0.39 is 0 Å². The molecule has 2 saturated heterocycles. The normalized spacial score (nSPS) is 23.2. The number of likely N-dealkylation sites (tertiary alicyclic amines) is 2. The minimum absolute atomic E-state index is 0.339. The number of hydrogen-bond donors (Lipinski definition) is 1. The molecule has 0 amide bonds. The van der Waals surface area contributed by atoms with Gasteiger partial charge in [0.15, 0.2) is 0 Å². The van der Waals surface area contributed by atoms with Crippen molar-refractivity contribution in [1.82, 2.24) is 9.80 Å². The number of piperidine rings is 1. The van der Waals surface area contributed by atoms with Gasteiger partial charge in [-0.1, -0.05) is 0 Å². The van der Waals surface area contributed by atoms with Gasteiger partial charge in [0.05, 0.1) is 0 Å². The lowest BCUT2D eigenvalue weighted by molar-refractivity contribution is 0.121. The van der Waals surface area contributed by atoms with Crippen LogP contribution in [-0.2, 0) is 0 Å². The maximum atomic E-state index is 8.79. The molecule has 3 heteroatoms. The molecule has 0 aromatic carbocycles. The Morgan fingerprint density at radius 1 is 1.00 bits per heavy atom. The van der Waals surface area contributed by atoms with Crippen molar-refractivity contribution >= 4 is 0 Å². The van der Waals surface area contributed by atoms with E-state index in [9.17, 15) is 0 Å². The second-order valence-electron chi connectivity index (χ2n) is 4.89. The van der Waals surface area contributed by atoms with Crippen molar-refractivity contribution in [2.24, 2.45) is 0 Å². The fourth-order valence-corrected chi connectivity index (χ4v) is 2.91. The molecule has 0 spiro atoms. The van der Waals surface area contributed by atoms with Crippen LogP contribution in [0.2, 0.25) is 0 Å². The van der Waals surface area contributed by atoms with E-state index in [0.29, 0.717) is 6.61 Å². The Labute approximate surface area is 106 Å². The Kier molecular flexibility index (Phi) is 7.27. The molecule has 0 bridgehead atoms. The number of rotatable bonds is 4. The van der Waals surface area contributed by atoms with E-state index in [-0.39, 0.29) is 0 Å². The van der Waals surface area contributed by atoms with Crippen molar-refractivity contribution in [2.75, 3.05) is 39.3 Å². The molecule has 0 unspecified atom stereocenters. The molecule has 3 nitrogen and oxygen atoms in total.